The van der Waals surface area contributed by atoms with Crippen molar-refractivity contribution < 1.29 is 23.5 Å². The van der Waals surface area contributed by atoms with Crippen molar-refractivity contribution in [1.82, 2.24) is 20.9 Å². The predicted octanol–water partition coefficient (Wildman–Crippen LogP) is -0.243. The molecule has 10 heteroatoms. The number of nitrogens with one attached hydrogen (secondary N) is 3. The standard InChI is InChI=1S/C18H30FN5O4/c1-8-3-4-9(2)28-17-10(14(20)25)7-11(19)16(23-17)24-13-12(27-8)5-6-21-15(13)22-18(24)26/h8-13,15-17,21,23H,3-7H2,1-2H3,(H2,20,25)(H,22,26)/t8-,9+,10?,11?,12?,13?,15?,16?,17?/m0/s1. The molecule has 4 fully saturated rings. The maximum absolute atomic E-state index is 15.1. The van der Waals surface area contributed by atoms with Crippen LogP contribution in [0.1, 0.15) is 39.5 Å². The molecule has 4 saturated heterocycles. The number of carbonyl (C=O) groups excluding carboxylic acids is 2. The summed E-state index contributed by atoms with van der Waals surface area (Å²) >= 11 is 0. The number of rotatable bonds is 1. The first-order valence-electron chi connectivity index (χ1n) is 10.2. The van der Waals surface area contributed by atoms with Crippen molar-refractivity contribution in [2.75, 3.05) is 6.54 Å². The van der Waals surface area contributed by atoms with E-state index in [4.69, 9.17) is 15.2 Å². The number of urea groups is 1. The average molecular weight is 399 g/mol. The largest absolute Gasteiger partial charge is 0.373 e. The summed E-state index contributed by atoms with van der Waals surface area (Å²) < 4.78 is 27.5. The van der Waals surface area contributed by atoms with Crippen molar-refractivity contribution in [3.63, 3.8) is 0 Å². The third-order valence-electron chi connectivity index (χ3n) is 6.30. The Morgan fingerprint density at radius 3 is 2.64 bits per heavy atom. The fraction of sp³-hybridized carbons (Fsp3) is 0.889. The van der Waals surface area contributed by atoms with Crippen molar-refractivity contribution in [3.8, 4) is 0 Å². The summed E-state index contributed by atoms with van der Waals surface area (Å²) in [6.07, 6.45) is -1.59. The molecule has 9 nitrogen and oxygen atoms in total. The van der Waals surface area contributed by atoms with E-state index in [0.29, 0.717) is 0 Å². The number of halogens is 1. The van der Waals surface area contributed by atoms with Crippen molar-refractivity contribution in [1.29, 1.82) is 0 Å². The van der Waals surface area contributed by atoms with Crippen LogP contribution in [0.25, 0.3) is 0 Å². The van der Waals surface area contributed by atoms with Gasteiger partial charge in [0, 0.05) is 0 Å². The van der Waals surface area contributed by atoms with Crippen LogP contribution in [0.15, 0.2) is 0 Å². The lowest BCUT2D eigenvalue weighted by molar-refractivity contribution is -0.152. The molecule has 5 N–H and O–H groups in total. The van der Waals surface area contributed by atoms with E-state index in [1.807, 2.05) is 13.8 Å². The molecule has 2 bridgehead atoms. The molecule has 0 aromatic carbocycles. The number of amides is 3. The lowest BCUT2D eigenvalue weighted by Crippen LogP contribution is -2.68. The molecule has 7 unspecified atom stereocenters. The number of hydrogen-bond acceptors (Lipinski definition) is 6. The molecule has 9 atom stereocenters. The summed E-state index contributed by atoms with van der Waals surface area (Å²) in [7, 11) is 0. The Hall–Kier alpha value is -1.49. The van der Waals surface area contributed by atoms with E-state index in [1.54, 1.807) is 0 Å². The molecular formula is C18H30FN5O4. The zero-order valence-corrected chi connectivity index (χ0v) is 16.3. The first-order valence-corrected chi connectivity index (χ1v) is 10.2. The van der Waals surface area contributed by atoms with E-state index < -0.39 is 30.4 Å². The Bertz CT molecular complexity index is 625. The highest BCUT2D eigenvalue weighted by Crippen LogP contribution is 2.33. The summed E-state index contributed by atoms with van der Waals surface area (Å²) in [6.45, 7) is 4.64. The van der Waals surface area contributed by atoms with Gasteiger partial charge in [0.25, 0.3) is 0 Å². The molecule has 28 heavy (non-hydrogen) atoms. The van der Waals surface area contributed by atoms with Gasteiger partial charge in [0.1, 0.15) is 24.7 Å². The predicted molar refractivity (Wildman–Crippen MR) is 97.6 cm³/mol. The number of nitrogens with zero attached hydrogens (tertiary/aromatic N) is 1. The second kappa shape index (κ2) is 7.74. The summed E-state index contributed by atoms with van der Waals surface area (Å²) in [5.74, 6) is -1.39. The average Bonchev–Trinajstić information content (AvgIpc) is 2.97. The molecule has 4 rings (SSSR count). The van der Waals surface area contributed by atoms with Crippen LogP contribution >= 0.6 is 0 Å². The number of primary amides is 1. The first-order chi connectivity index (χ1) is 13.3. The van der Waals surface area contributed by atoms with Gasteiger partial charge in [-0.3, -0.25) is 20.3 Å². The summed E-state index contributed by atoms with van der Waals surface area (Å²) in [4.78, 5) is 26.2. The molecule has 0 aliphatic carbocycles. The minimum Gasteiger partial charge on any atom is -0.373 e. The van der Waals surface area contributed by atoms with Gasteiger partial charge in [-0.05, 0) is 46.1 Å². The van der Waals surface area contributed by atoms with Crippen LogP contribution in [-0.4, -0.2) is 72.5 Å². The second-order valence-corrected chi connectivity index (χ2v) is 8.37. The van der Waals surface area contributed by atoms with Crippen molar-refractivity contribution >= 4 is 11.9 Å². The topological polar surface area (TPSA) is 118 Å². The molecule has 4 aliphatic heterocycles. The minimum atomic E-state index is -1.44. The minimum absolute atomic E-state index is 0.0207. The highest BCUT2D eigenvalue weighted by Gasteiger charge is 2.54. The van der Waals surface area contributed by atoms with E-state index in [0.717, 1.165) is 25.8 Å². The number of carbonyl (C=O) groups is 2. The van der Waals surface area contributed by atoms with E-state index >= 15 is 4.39 Å². The Morgan fingerprint density at radius 1 is 1.21 bits per heavy atom. The monoisotopic (exact) mass is 399 g/mol. The molecule has 0 saturated carbocycles. The van der Waals surface area contributed by atoms with E-state index in [1.165, 1.54) is 4.90 Å². The van der Waals surface area contributed by atoms with Crippen molar-refractivity contribution in [3.05, 3.63) is 0 Å². The van der Waals surface area contributed by atoms with Crippen LogP contribution in [0.5, 0.6) is 0 Å². The molecule has 0 spiro atoms. The van der Waals surface area contributed by atoms with Gasteiger partial charge in [0.2, 0.25) is 5.91 Å². The van der Waals surface area contributed by atoms with Crippen LogP contribution in [0.3, 0.4) is 0 Å². The summed E-state index contributed by atoms with van der Waals surface area (Å²) in [5.41, 5.74) is 5.51. The van der Waals surface area contributed by atoms with Gasteiger partial charge in [-0.15, -0.1) is 0 Å². The third kappa shape index (κ3) is 3.58. The Kier molecular flexibility index (Phi) is 5.47. The van der Waals surface area contributed by atoms with Gasteiger partial charge in [-0.25, -0.2) is 9.18 Å². The zero-order chi connectivity index (χ0) is 20.0. The van der Waals surface area contributed by atoms with E-state index in [9.17, 15) is 9.59 Å². The summed E-state index contributed by atoms with van der Waals surface area (Å²) in [5, 5.41) is 9.24. The van der Waals surface area contributed by atoms with Gasteiger partial charge in [0.15, 0.2) is 0 Å². The van der Waals surface area contributed by atoms with Crippen LogP contribution in [0.4, 0.5) is 9.18 Å². The quantitative estimate of drug-likeness (QED) is 0.483. The number of ether oxygens (including phenoxy) is 2. The van der Waals surface area contributed by atoms with Crippen molar-refractivity contribution in [2.45, 2.75) is 88.6 Å². The number of hydrogen-bond donors (Lipinski definition) is 4. The number of piperidine rings is 2. The van der Waals surface area contributed by atoms with Gasteiger partial charge in [-0.1, -0.05) is 0 Å². The fourth-order valence-corrected chi connectivity index (χ4v) is 4.86. The SMILES string of the molecule is C[C@@H]1CC[C@H](C)OC2CCNC3NC(=O)N(C4NC(O1)C(C(N)=O)CC4F)C32. The summed E-state index contributed by atoms with van der Waals surface area (Å²) in [6, 6.07) is -0.700. The molecule has 3 amide bonds. The Morgan fingerprint density at radius 2 is 1.93 bits per heavy atom. The third-order valence-corrected chi connectivity index (χ3v) is 6.30. The Labute approximate surface area is 163 Å². The van der Waals surface area contributed by atoms with Gasteiger partial charge in [0.05, 0.1) is 30.3 Å². The van der Waals surface area contributed by atoms with Crippen molar-refractivity contribution in [2.24, 2.45) is 11.7 Å². The van der Waals surface area contributed by atoms with Gasteiger partial charge < -0.3 is 20.5 Å². The lowest BCUT2D eigenvalue weighted by atomic mass is 9.91. The second-order valence-electron chi connectivity index (χ2n) is 8.37. The van der Waals surface area contributed by atoms with E-state index in [2.05, 4.69) is 16.0 Å². The molecule has 4 aliphatic rings. The molecule has 158 valence electrons. The highest BCUT2D eigenvalue weighted by molar-refractivity contribution is 5.79. The maximum atomic E-state index is 15.1. The molecule has 4 heterocycles. The maximum Gasteiger partial charge on any atom is 0.320 e. The normalized spacial score (nSPS) is 46.8. The van der Waals surface area contributed by atoms with E-state index in [-0.39, 0.29) is 43.0 Å². The molecule has 0 radical (unpaired) electrons. The fourth-order valence-electron chi connectivity index (χ4n) is 4.86. The van der Waals surface area contributed by atoms with Gasteiger partial charge >= 0.3 is 6.03 Å². The number of nitrogens with two attached hydrogens (primary N) is 1. The van der Waals surface area contributed by atoms with Crippen LogP contribution in [0.2, 0.25) is 0 Å². The smallest absolute Gasteiger partial charge is 0.320 e. The molecular weight excluding hydrogens is 369 g/mol. The molecule has 0 aromatic heterocycles. The van der Waals surface area contributed by atoms with Crippen LogP contribution in [0, 0.1) is 5.92 Å². The first kappa shape index (κ1) is 19.8. The lowest BCUT2D eigenvalue weighted by Gasteiger charge is -2.47. The zero-order valence-electron chi connectivity index (χ0n) is 16.3. The Balaban J connectivity index is 1.68. The molecule has 0 aromatic rings. The number of fused-ring (bicyclic) bond motifs is 3. The van der Waals surface area contributed by atoms with Gasteiger partial charge in [-0.2, -0.15) is 0 Å². The number of alkyl halides is 1. The van der Waals surface area contributed by atoms with Crippen LogP contribution in [-0.2, 0) is 14.3 Å². The highest BCUT2D eigenvalue weighted by atomic mass is 19.1. The van der Waals surface area contributed by atoms with Crippen LogP contribution < -0.4 is 21.7 Å².